The molecule has 21 heavy (non-hydrogen) atoms. The fraction of sp³-hybridized carbons (Fsp3) is 0.333. The number of hydrogen-bond donors (Lipinski definition) is 1. The Morgan fingerprint density at radius 3 is 2.10 bits per heavy atom. The van der Waals surface area contributed by atoms with Crippen molar-refractivity contribution in [2.75, 3.05) is 32.7 Å². The van der Waals surface area contributed by atoms with E-state index in [1.54, 1.807) is 7.11 Å². The fourth-order valence-corrected chi connectivity index (χ4v) is 2.38. The largest absolute Gasteiger partial charge is 0.497 e. The highest BCUT2D eigenvalue weighted by Crippen LogP contribution is 2.24. The van der Waals surface area contributed by atoms with Crippen LogP contribution in [0, 0.1) is 0 Å². The summed E-state index contributed by atoms with van der Waals surface area (Å²) in [6, 6.07) is 16.4. The molecule has 1 unspecified atom stereocenters. The Morgan fingerprint density at radius 1 is 1.00 bits per heavy atom. The Kier molecular flexibility index (Phi) is 5.23. The topological polar surface area (TPSA) is 32.7 Å². The first-order chi connectivity index (χ1) is 10.1. The third kappa shape index (κ3) is 3.99. The monoisotopic (exact) mass is 285 g/mol. The molecule has 0 bridgehead atoms. The Morgan fingerprint density at radius 2 is 1.62 bits per heavy atom. The molecule has 3 nitrogen and oxygen atoms in total. The van der Waals surface area contributed by atoms with Crippen LogP contribution in [0.15, 0.2) is 48.5 Å². The standard InChI is InChI=1S/C18H23NO2/c1-19(2)17-8-4-14(5-9-17)12-16(13-20)15-6-10-18(21-3)11-7-15/h4-11,16,20H,12-13H2,1-3H3. The van der Waals surface area contributed by atoms with Crippen LogP contribution in [-0.4, -0.2) is 32.9 Å². The van der Waals surface area contributed by atoms with Crippen LogP contribution >= 0.6 is 0 Å². The van der Waals surface area contributed by atoms with Crippen LogP contribution in [0.5, 0.6) is 5.75 Å². The lowest BCUT2D eigenvalue weighted by Crippen LogP contribution is -2.10. The van der Waals surface area contributed by atoms with E-state index in [9.17, 15) is 5.11 Å². The van der Waals surface area contributed by atoms with Crippen molar-refractivity contribution in [3.8, 4) is 5.75 Å². The van der Waals surface area contributed by atoms with E-state index in [1.165, 1.54) is 11.3 Å². The summed E-state index contributed by atoms with van der Waals surface area (Å²) < 4.78 is 5.17. The van der Waals surface area contributed by atoms with Crippen molar-refractivity contribution in [3.05, 3.63) is 59.7 Å². The summed E-state index contributed by atoms with van der Waals surface area (Å²) in [6.07, 6.45) is 0.830. The van der Waals surface area contributed by atoms with E-state index in [0.717, 1.165) is 17.7 Å². The van der Waals surface area contributed by atoms with Gasteiger partial charge in [0.25, 0.3) is 0 Å². The number of methoxy groups -OCH3 is 1. The number of anilines is 1. The molecule has 0 saturated heterocycles. The zero-order chi connectivity index (χ0) is 15.2. The minimum atomic E-state index is 0.112. The van der Waals surface area contributed by atoms with Crippen molar-refractivity contribution >= 4 is 5.69 Å². The van der Waals surface area contributed by atoms with Gasteiger partial charge in [-0.05, 0) is 41.8 Å². The minimum Gasteiger partial charge on any atom is -0.497 e. The van der Waals surface area contributed by atoms with Crippen molar-refractivity contribution in [2.45, 2.75) is 12.3 Å². The number of hydrogen-bond acceptors (Lipinski definition) is 3. The smallest absolute Gasteiger partial charge is 0.118 e. The van der Waals surface area contributed by atoms with E-state index in [2.05, 4.69) is 29.2 Å². The van der Waals surface area contributed by atoms with Gasteiger partial charge < -0.3 is 14.7 Å². The maximum absolute atomic E-state index is 9.67. The molecular formula is C18H23NO2. The molecule has 0 saturated carbocycles. The zero-order valence-corrected chi connectivity index (χ0v) is 12.9. The van der Waals surface area contributed by atoms with Gasteiger partial charge in [-0.25, -0.2) is 0 Å². The lowest BCUT2D eigenvalue weighted by Gasteiger charge is -2.17. The molecule has 3 heteroatoms. The van der Waals surface area contributed by atoms with Gasteiger partial charge in [-0.3, -0.25) is 0 Å². The summed E-state index contributed by atoms with van der Waals surface area (Å²) in [4.78, 5) is 2.08. The summed E-state index contributed by atoms with van der Waals surface area (Å²) in [5.74, 6) is 0.951. The maximum Gasteiger partial charge on any atom is 0.118 e. The fourth-order valence-electron chi connectivity index (χ4n) is 2.38. The number of aliphatic hydroxyl groups excluding tert-OH is 1. The zero-order valence-electron chi connectivity index (χ0n) is 12.9. The van der Waals surface area contributed by atoms with Crippen LogP contribution in [0.1, 0.15) is 17.0 Å². The summed E-state index contributed by atoms with van der Waals surface area (Å²) in [5.41, 5.74) is 3.55. The lowest BCUT2D eigenvalue weighted by atomic mass is 9.92. The third-order valence-corrected chi connectivity index (χ3v) is 3.74. The van der Waals surface area contributed by atoms with E-state index < -0.39 is 0 Å². The van der Waals surface area contributed by atoms with Gasteiger partial charge in [0.15, 0.2) is 0 Å². The average Bonchev–Trinajstić information content (AvgIpc) is 2.53. The molecule has 1 atom stereocenters. The highest BCUT2D eigenvalue weighted by atomic mass is 16.5. The highest BCUT2D eigenvalue weighted by molar-refractivity contribution is 5.46. The molecule has 2 aromatic rings. The molecule has 0 aromatic heterocycles. The molecule has 0 radical (unpaired) electrons. The molecule has 0 fully saturated rings. The third-order valence-electron chi connectivity index (χ3n) is 3.74. The van der Waals surface area contributed by atoms with Crippen LogP contribution in [-0.2, 0) is 6.42 Å². The molecule has 0 spiro atoms. The lowest BCUT2D eigenvalue weighted by molar-refractivity contribution is 0.264. The molecule has 1 N–H and O–H groups in total. The highest BCUT2D eigenvalue weighted by Gasteiger charge is 2.11. The van der Waals surface area contributed by atoms with Crippen LogP contribution in [0.3, 0.4) is 0 Å². The van der Waals surface area contributed by atoms with Gasteiger partial charge >= 0.3 is 0 Å². The van der Waals surface area contributed by atoms with Crippen molar-refractivity contribution < 1.29 is 9.84 Å². The average molecular weight is 285 g/mol. The van der Waals surface area contributed by atoms with Gasteiger partial charge in [-0.15, -0.1) is 0 Å². The normalized spacial score (nSPS) is 12.0. The maximum atomic E-state index is 9.67. The molecular weight excluding hydrogens is 262 g/mol. The second-order valence-electron chi connectivity index (χ2n) is 5.42. The van der Waals surface area contributed by atoms with Crippen molar-refractivity contribution in [3.63, 3.8) is 0 Å². The molecule has 0 aliphatic heterocycles. The first kappa shape index (κ1) is 15.4. The van der Waals surface area contributed by atoms with E-state index in [-0.39, 0.29) is 12.5 Å². The van der Waals surface area contributed by atoms with Crippen molar-refractivity contribution in [1.82, 2.24) is 0 Å². The van der Waals surface area contributed by atoms with E-state index >= 15 is 0 Å². The summed E-state index contributed by atoms with van der Waals surface area (Å²) in [5, 5.41) is 9.67. The van der Waals surface area contributed by atoms with Gasteiger partial charge in [0.2, 0.25) is 0 Å². The van der Waals surface area contributed by atoms with Gasteiger partial charge in [-0.2, -0.15) is 0 Å². The van der Waals surface area contributed by atoms with Gasteiger partial charge in [0, 0.05) is 25.7 Å². The second-order valence-corrected chi connectivity index (χ2v) is 5.42. The Labute approximate surface area is 126 Å². The first-order valence-corrected chi connectivity index (χ1v) is 7.15. The Hall–Kier alpha value is -2.00. The molecule has 0 heterocycles. The quantitative estimate of drug-likeness (QED) is 0.885. The Bertz CT molecular complexity index is 546. The van der Waals surface area contributed by atoms with E-state index in [1.807, 2.05) is 38.4 Å². The van der Waals surface area contributed by atoms with Crippen LogP contribution in [0.4, 0.5) is 5.69 Å². The summed E-state index contributed by atoms with van der Waals surface area (Å²) in [7, 11) is 5.72. The van der Waals surface area contributed by atoms with Gasteiger partial charge in [-0.1, -0.05) is 24.3 Å². The van der Waals surface area contributed by atoms with Crippen molar-refractivity contribution in [2.24, 2.45) is 0 Å². The molecule has 0 aliphatic carbocycles. The number of benzene rings is 2. The summed E-state index contributed by atoms with van der Waals surface area (Å²) >= 11 is 0. The molecule has 112 valence electrons. The number of nitrogens with zero attached hydrogens (tertiary/aromatic N) is 1. The van der Waals surface area contributed by atoms with Crippen molar-refractivity contribution in [1.29, 1.82) is 0 Å². The number of rotatable bonds is 6. The van der Waals surface area contributed by atoms with Crippen LogP contribution < -0.4 is 9.64 Å². The minimum absolute atomic E-state index is 0.112. The van der Waals surface area contributed by atoms with Gasteiger partial charge in [0.05, 0.1) is 13.7 Å². The first-order valence-electron chi connectivity index (χ1n) is 7.15. The predicted molar refractivity (Wildman–Crippen MR) is 87.3 cm³/mol. The van der Waals surface area contributed by atoms with Crippen LogP contribution in [0.25, 0.3) is 0 Å². The van der Waals surface area contributed by atoms with Gasteiger partial charge in [0.1, 0.15) is 5.75 Å². The Balaban J connectivity index is 2.10. The van der Waals surface area contributed by atoms with E-state index in [0.29, 0.717) is 0 Å². The van der Waals surface area contributed by atoms with Crippen LogP contribution in [0.2, 0.25) is 0 Å². The SMILES string of the molecule is COc1ccc(C(CO)Cc2ccc(N(C)C)cc2)cc1. The predicted octanol–water partition coefficient (Wildman–Crippen LogP) is 3.08. The summed E-state index contributed by atoms with van der Waals surface area (Å²) in [6.45, 7) is 0.141. The number of aliphatic hydroxyl groups is 1. The molecule has 2 aromatic carbocycles. The molecule has 2 rings (SSSR count). The van der Waals surface area contributed by atoms with E-state index in [4.69, 9.17) is 4.74 Å². The second kappa shape index (κ2) is 7.14. The number of ether oxygens (including phenoxy) is 1. The molecule has 0 amide bonds. The molecule has 0 aliphatic rings.